The Balaban J connectivity index is 0.00000117. The van der Waals surface area contributed by atoms with Crippen molar-refractivity contribution < 1.29 is 23.4 Å². The van der Waals surface area contributed by atoms with E-state index in [-0.39, 0.29) is 6.10 Å². The molecule has 1 saturated heterocycles. The molecule has 0 aliphatic carbocycles. The Kier molecular flexibility index (Phi) is 7.21. The van der Waals surface area contributed by atoms with E-state index < -0.39 is 26.1 Å². The maximum atomic E-state index is 11.9. The van der Waals surface area contributed by atoms with E-state index in [4.69, 9.17) is 23.4 Å². The molecule has 3 heterocycles. The average molecular weight is 424 g/mol. The summed E-state index contributed by atoms with van der Waals surface area (Å²) in [4.78, 5) is 25.3. The molecule has 1 fully saturated rings. The zero-order valence-corrected chi connectivity index (χ0v) is 17.5. The molecule has 10 heteroatoms. The highest BCUT2D eigenvalue weighted by atomic mass is 31.2. The van der Waals surface area contributed by atoms with E-state index in [1.54, 1.807) is 0 Å². The average Bonchev–Trinajstić information content (AvgIpc) is 3.17. The van der Waals surface area contributed by atoms with Gasteiger partial charge in [-0.3, -0.25) is 23.4 Å². The number of rotatable bonds is 4. The molecular formula is C19H25N2O7P. The number of ether oxygens (including phenoxy) is 1. The maximum absolute atomic E-state index is 11.9. The highest BCUT2D eigenvalue weighted by Crippen LogP contribution is 2.49. The number of aromatic nitrogens is 2. The van der Waals surface area contributed by atoms with Crippen LogP contribution in [0.2, 0.25) is 0 Å². The molecule has 158 valence electrons. The van der Waals surface area contributed by atoms with Gasteiger partial charge in [-0.1, -0.05) is 17.7 Å². The Morgan fingerprint density at radius 2 is 2.07 bits per heavy atom. The van der Waals surface area contributed by atoms with Gasteiger partial charge in [0.1, 0.15) is 12.0 Å². The minimum atomic E-state index is -1.48. The van der Waals surface area contributed by atoms with Crippen LogP contribution in [0.3, 0.4) is 0 Å². The Labute approximate surface area is 169 Å². The topological polar surface area (TPSA) is 112 Å². The molecule has 2 aromatic rings. The van der Waals surface area contributed by atoms with Gasteiger partial charge < -0.3 is 14.4 Å². The Morgan fingerprint density at radius 1 is 1.28 bits per heavy atom. The molecule has 2 aliphatic heterocycles. The number of nitrogens with zero attached hydrogens (tertiary/aromatic N) is 1. The highest BCUT2D eigenvalue weighted by molar-refractivity contribution is 7.42. The first-order valence-electron chi connectivity index (χ1n) is 9.25. The lowest BCUT2D eigenvalue weighted by Gasteiger charge is -2.26. The van der Waals surface area contributed by atoms with Crippen LogP contribution in [0.15, 0.2) is 34.0 Å². The molecule has 0 amide bonds. The fourth-order valence-corrected chi connectivity index (χ4v) is 4.50. The van der Waals surface area contributed by atoms with Crippen molar-refractivity contribution in [1.82, 2.24) is 9.55 Å². The van der Waals surface area contributed by atoms with Crippen LogP contribution in [0.5, 0.6) is 5.75 Å². The minimum absolute atomic E-state index is 0.163. The fourth-order valence-electron chi connectivity index (χ4n) is 3.38. The molecule has 4 rings (SSSR count). The summed E-state index contributed by atoms with van der Waals surface area (Å²) in [7, 11) is -0.475. The lowest BCUT2D eigenvalue weighted by atomic mass is 10.1. The fraction of sp³-hybridized carbons (Fsp3) is 0.474. The van der Waals surface area contributed by atoms with Crippen LogP contribution < -0.4 is 15.8 Å². The second kappa shape index (κ2) is 9.65. The third-order valence-electron chi connectivity index (χ3n) is 4.60. The summed E-state index contributed by atoms with van der Waals surface area (Å²) < 4.78 is 24.6. The van der Waals surface area contributed by atoms with E-state index >= 15 is 0 Å². The van der Waals surface area contributed by atoms with Gasteiger partial charge in [0.15, 0.2) is 0 Å². The maximum Gasteiger partial charge on any atom is 0.397 e. The molecule has 0 spiro atoms. The molecule has 9 nitrogen and oxygen atoms in total. The van der Waals surface area contributed by atoms with Crippen molar-refractivity contribution in [1.29, 1.82) is 0 Å². The number of aliphatic hydroxyl groups excluding tert-OH is 1. The number of aliphatic hydroxyl groups is 1. The third-order valence-corrected chi connectivity index (χ3v) is 5.63. The highest BCUT2D eigenvalue weighted by Gasteiger charge is 2.31. The van der Waals surface area contributed by atoms with Gasteiger partial charge in [-0.15, -0.1) is 0 Å². The Bertz CT molecular complexity index is 958. The van der Waals surface area contributed by atoms with Gasteiger partial charge in [-0.2, -0.15) is 0 Å². The number of hydrogen-bond donors (Lipinski definition) is 2. The van der Waals surface area contributed by atoms with Crippen molar-refractivity contribution in [2.45, 2.75) is 45.6 Å². The number of aromatic amines is 1. The summed E-state index contributed by atoms with van der Waals surface area (Å²) >= 11 is 0. The van der Waals surface area contributed by atoms with E-state index in [0.717, 1.165) is 30.4 Å². The van der Waals surface area contributed by atoms with Crippen molar-refractivity contribution in [3.63, 3.8) is 0 Å². The normalized spacial score (nSPS) is 23.0. The summed E-state index contributed by atoms with van der Waals surface area (Å²) in [5.41, 5.74) is 2.38. The smallest absolute Gasteiger partial charge is 0.397 e. The van der Waals surface area contributed by atoms with Gasteiger partial charge >= 0.3 is 14.3 Å². The summed E-state index contributed by atoms with van der Waals surface area (Å²) in [5, 5.41) is 7.00. The molecule has 3 unspecified atom stereocenters. The number of benzene rings is 1. The Hall–Kier alpha value is -2.03. The second-order valence-corrected chi connectivity index (χ2v) is 7.91. The molecule has 29 heavy (non-hydrogen) atoms. The lowest BCUT2D eigenvalue weighted by molar-refractivity contribution is -0.0229. The molecular weight excluding hydrogens is 399 g/mol. The van der Waals surface area contributed by atoms with Crippen LogP contribution in [0.4, 0.5) is 0 Å². The minimum Gasteiger partial charge on any atom is -0.426 e. The second-order valence-electron chi connectivity index (χ2n) is 6.76. The van der Waals surface area contributed by atoms with Crippen LogP contribution >= 0.6 is 8.60 Å². The van der Waals surface area contributed by atoms with Crippen molar-refractivity contribution in [2.75, 3.05) is 13.7 Å². The van der Waals surface area contributed by atoms with Crippen LogP contribution in [0, 0.1) is 13.8 Å². The summed E-state index contributed by atoms with van der Waals surface area (Å²) in [6, 6.07) is 5.44. The van der Waals surface area contributed by atoms with Crippen molar-refractivity contribution >= 4 is 8.60 Å². The van der Waals surface area contributed by atoms with Crippen LogP contribution in [-0.2, 0) is 20.4 Å². The number of hydrogen-bond acceptors (Lipinski definition) is 7. The standard InChI is InChI=1S/C18H21N2O6P.CH4O/c1-11-7-12(2)17-13(8-11)9-23-27(26-17)24-10-14-3-4-16(25-14)20-6-5-15(21)19-18(20)22;1-2/h5-8,14,16H,3-4,9-10H2,1-2H3,(H,19,21,22);2H,1H3. The third kappa shape index (κ3) is 5.12. The molecule has 3 atom stereocenters. The first-order chi connectivity index (χ1) is 14.0. The molecule has 1 aromatic heterocycles. The van der Waals surface area contributed by atoms with Gasteiger partial charge in [-0.25, -0.2) is 4.79 Å². The molecule has 0 saturated carbocycles. The zero-order chi connectivity index (χ0) is 21.0. The molecule has 2 aliphatic rings. The van der Waals surface area contributed by atoms with Crippen LogP contribution in [-0.4, -0.2) is 34.5 Å². The summed E-state index contributed by atoms with van der Waals surface area (Å²) in [6.07, 6.45) is 2.29. The van der Waals surface area contributed by atoms with Crippen LogP contribution in [0.1, 0.15) is 35.8 Å². The SMILES string of the molecule is CO.Cc1cc(C)c2c(c1)COP(OCC1CCC(n3ccc(=O)[nH]c3=O)O1)O2. The predicted octanol–water partition coefficient (Wildman–Crippen LogP) is 2.29. The van der Waals surface area contributed by atoms with Crippen molar-refractivity contribution in [3.8, 4) is 5.75 Å². The monoisotopic (exact) mass is 424 g/mol. The van der Waals surface area contributed by atoms with E-state index in [1.165, 1.54) is 22.4 Å². The van der Waals surface area contributed by atoms with Gasteiger partial charge in [0.05, 0.1) is 19.3 Å². The first-order valence-corrected chi connectivity index (χ1v) is 10.3. The number of aryl methyl sites for hydroxylation is 2. The number of fused-ring (bicyclic) bond motifs is 1. The van der Waals surface area contributed by atoms with E-state index in [9.17, 15) is 9.59 Å². The first kappa shape index (κ1) is 21.7. The Morgan fingerprint density at radius 3 is 2.83 bits per heavy atom. The van der Waals surface area contributed by atoms with Gasteiger partial charge in [0.25, 0.3) is 5.56 Å². The van der Waals surface area contributed by atoms with E-state index in [2.05, 4.69) is 17.1 Å². The van der Waals surface area contributed by atoms with Crippen LogP contribution in [0.25, 0.3) is 0 Å². The number of nitrogens with one attached hydrogen (secondary N) is 1. The van der Waals surface area contributed by atoms with E-state index in [1.807, 2.05) is 13.8 Å². The van der Waals surface area contributed by atoms with Gasteiger partial charge in [-0.05, 0) is 32.3 Å². The largest absolute Gasteiger partial charge is 0.426 e. The zero-order valence-electron chi connectivity index (χ0n) is 16.6. The van der Waals surface area contributed by atoms with Crippen molar-refractivity contribution in [2.24, 2.45) is 0 Å². The summed E-state index contributed by atoms with van der Waals surface area (Å²) in [5.74, 6) is 0.836. The number of H-pyrrole nitrogens is 1. The molecule has 0 radical (unpaired) electrons. The van der Waals surface area contributed by atoms with Crippen molar-refractivity contribution in [3.05, 3.63) is 61.9 Å². The van der Waals surface area contributed by atoms with Gasteiger partial charge in [0.2, 0.25) is 0 Å². The van der Waals surface area contributed by atoms with Gasteiger partial charge in [0, 0.05) is 24.9 Å². The quantitative estimate of drug-likeness (QED) is 0.725. The molecule has 2 N–H and O–H groups in total. The van der Waals surface area contributed by atoms with E-state index in [0.29, 0.717) is 19.6 Å². The summed E-state index contributed by atoms with van der Waals surface area (Å²) in [6.45, 7) is 4.84. The lowest BCUT2D eigenvalue weighted by Crippen LogP contribution is -2.31. The molecule has 1 aromatic carbocycles. The molecule has 0 bridgehead atoms. The predicted molar refractivity (Wildman–Crippen MR) is 107 cm³/mol.